The normalized spacial score (nSPS) is 12.1. The molecular formula is C15H15NO3. The fourth-order valence-corrected chi connectivity index (χ4v) is 1.90. The Bertz CT molecular complexity index is 595. The molecule has 2 rings (SSSR count). The molecule has 1 atom stereocenters. The van der Waals surface area contributed by atoms with Crippen molar-refractivity contribution in [2.45, 2.75) is 12.5 Å². The van der Waals surface area contributed by atoms with E-state index in [2.05, 4.69) is 0 Å². The maximum atomic E-state index is 10.7. The van der Waals surface area contributed by atoms with E-state index in [0.717, 1.165) is 16.7 Å². The van der Waals surface area contributed by atoms with Gasteiger partial charge in [-0.15, -0.1) is 0 Å². The van der Waals surface area contributed by atoms with Gasteiger partial charge in [0.25, 0.3) is 0 Å². The summed E-state index contributed by atoms with van der Waals surface area (Å²) in [6.07, 6.45) is 0.280. The predicted octanol–water partition coefficient (Wildman–Crippen LogP) is 2.01. The Kier molecular flexibility index (Phi) is 3.82. The lowest BCUT2D eigenvalue weighted by Gasteiger charge is -2.08. The molecule has 0 radical (unpaired) electrons. The van der Waals surface area contributed by atoms with Gasteiger partial charge in [-0.05, 0) is 35.2 Å². The van der Waals surface area contributed by atoms with E-state index in [1.54, 1.807) is 18.2 Å². The Labute approximate surface area is 111 Å². The minimum Gasteiger partial charge on any atom is -0.508 e. The SMILES string of the molecule is NC(Cc1cccc(-c2cccc(O)c2)c1)C(=O)O. The van der Waals surface area contributed by atoms with Gasteiger partial charge in [0.05, 0.1) is 0 Å². The van der Waals surface area contributed by atoms with Crippen molar-refractivity contribution in [1.29, 1.82) is 0 Å². The van der Waals surface area contributed by atoms with Crippen LogP contribution < -0.4 is 5.73 Å². The molecule has 2 aromatic rings. The van der Waals surface area contributed by atoms with Crippen molar-refractivity contribution < 1.29 is 15.0 Å². The van der Waals surface area contributed by atoms with Gasteiger partial charge in [0.1, 0.15) is 11.8 Å². The van der Waals surface area contributed by atoms with E-state index in [9.17, 15) is 9.90 Å². The minimum absolute atomic E-state index is 0.199. The standard InChI is InChI=1S/C15H15NO3/c16-14(15(18)19)8-10-3-1-4-11(7-10)12-5-2-6-13(17)9-12/h1-7,9,14,17H,8,16H2,(H,18,19). The summed E-state index contributed by atoms with van der Waals surface area (Å²) in [7, 11) is 0. The summed E-state index contributed by atoms with van der Waals surface area (Å²) in [5.41, 5.74) is 8.18. The second-order valence-corrected chi connectivity index (χ2v) is 4.40. The largest absolute Gasteiger partial charge is 0.508 e. The number of carboxylic acids is 1. The van der Waals surface area contributed by atoms with E-state index in [4.69, 9.17) is 10.8 Å². The topological polar surface area (TPSA) is 83.5 Å². The summed E-state index contributed by atoms with van der Waals surface area (Å²) in [6, 6.07) is 13.5. The number of phenolic OH excluding ortho intramolecular Hbond substituents is 1. The lowest BCUT2D eigenvalue weighted by molar-refractivity contribution is -0.138. The highest BCUT2D eigenvalue weighted by Gasteiger charge is 2.12. The van der Waals surface area contributed by atoms with Gasteiger partial charge in [-0.1, -0.05) is 36.4 Å². The van der Waals surface area contributed by atoms with E-state index in [0.29, 0.717) is 0 Å². The number of hydrogen-bond donors (Lipinski definition) is 3. The van der Waals surface area contributed by atoms with Crippen LogP contribution in [0.2, 0.25) is 0 Å². The van der Waals surface area contributed by atoms with Crippen LogP contribution in [0.5, 0.6) is 5.75 Å². The van der Waals surface area contributed by atoms with Crippen molar-refractivity contribution in [3.05, 3.63) is 54.1 Å². The van der Waals surface area contributed by atoms with E-state index in [1.807, 2.05) is 30.3 Å². The number of rotatable bonds is 4. The van der Waals surface area contributed by atoms with Crippen LogP contribution in [0.1, 0.15) is 5.56 Å². The van der Waals surface area contributed by atoms with Crippen LogP contribution in [0, 0.1) is 0 Å². The summed E-state index contributed by atoms with van der Waals surface area (Å²) < 4.78 is 0. The molecule has 0 aliphatic carbocycles. The fraction of sp³-hybridized carbons (Fsp3) is 0.133. The Balaban J connectivity index is 2.27. The number of carboxylic acid groups (broad SMARTS) is 1. The van der Waals surface area contributed by atoms with Crippen LogP contribution in [0.4, 0.5) is 0 Å². The van der Waals surface area contributed by atoms with Crippen LogP contribution in [-0.2, 0) is 11.2 Å². The monoisotopic (exact) mass is 257 g/mol. The third-order valence-electron chi connectivity index (χ3n) is 2.88. The molecule has 1 unspecified atom stereocenters. The number of aromatic hydroxyl groups is 1. The van der Waals surface area contributed by atoms with Crippen molar-refractivity contribution in [3.8, 4) is 16.9 Å². The molecule has 2 aromatic carbocycles. The summed E-state index contributed by atoms with van der Waals surface area (Å²) in [6.45, 7) is 0. The molecule has 0 aliphatic rings. The molecule has 4 heteroatoms. The number of hydrogen-bond acceptors (Lipinski definition) is 3. The average Bonchev–Trinajstić information content (AvgIpc) is 2.39. The molecule has 98 valence electrons. The molecule has 4 N–H and O–H groups in total. The van der Waals surface area contributed by atoms with Gasteiger partial charge in [-0.25, -0.2) is 0 Å². The molecule has 0 saturated heterocycles. The van der Waals surface area contributed by atoms with Gasteiger partial charge in [0.15, 0.2) is 0 Å². The second kappa shape index (κ2) is 5.54. The summed E-state index contributed by atoms with van der Waals surface area (Å²) in [5, 5.41) is 18.3. The van der Waals surface area contributed by atoms with Crippen LogP contribution >= 0.6 is 0 Å². The number of aliphatic carboxylic acids is 1. The van der Waals surface area contributed by atoms with Gasteiger partial charge < -0.3 is 15.9 Å². The van der Waals surface area contributed by atoms with Crippen LogP contribution in [0.3, 0.4) is 0 Å². The summed E-state index contributed by atoms with van der Waals surface area (Å²) in [4.78, 5) is 10.7. The summed E-state index contributed by atoms with van der Waals surface area (Å²) >= 11 is 0. The maximum Gasteiger partial charge on any atom is 0.320 e. The molecule has 0 spiro atoms. The van der Waals surface area contributed by atoms with Crippen molar-refractivity contribution in [2.24, 2.45) is 5.73 Å². The third kappa shape index (κ3) is 3.33. The van der Waals surface area contributed by atoms with Crippen molar-refractivity contribution in [2.75, 3.05) is 0 Å². The zero-order valence-electron chi connectivity index (χ0n) is 10.3. The smallest absolute Gasteiger partial charge is 0.320 e. The molecule has 4 nitrogen and oxygen atoms in total. The quantitative estimate of drug-likeness (QED) is 0.782. The molecule has 0 aliphatic heterocycles. The first-order valence-corrected chi connectivity index (χ1v) is 5.93. The predicted molar refractivity (Wildman–Crippen MR) is 72.9 cm³/mol. The average molecular weight is 257 g/mol. The number of carbonyl (C=O) groups is 1. The second-order valence-electron chi connectivity index (χ2n) is 4.40. The molecule has 0 bridgehead atoms. The van der Waals surface area contributed by atoms with Gasteiger partial charge >= 0.3 is 5.97 Å². The third-order valence-corrected chi connectivity index (χ3v) is 2.88. The number of phenols is 1. The van der Waals surface area contributed by atoms with Gasteiger partial charge in [0, 0.05) is 0 Å². The first kappa shape index (κ1) is 13.1. The molecular weight excluding hydrogens is 242 g/mol. The molecule has 19 heavy (non-hydrogen) atoms. The summed E-state index contributed by atoms with van der Waals surface area (Å²) in [5.74, 6) is -0.812. The Morgan fingerprint density at radius 2 is 1.74 bits per heavy atom. The fourth-order valence-electron chi connectivity index (χ4n) is 1.90. The van der Waals surface area contributed by atoms with Crippen LogP contribution in [-0.4, -0.2) is 22.2 Å². The van der Waals surface area contributed by atoms with Gasteiger partial charge in [0.2, 0.25) is 0 Å². The Hall–Kier alpha value is -2.33. The van der Waals surface area contributed by atoms with Gasteiger partial charge in [-0.2, -0.15) is 0 Å². The van der Waals surface area contributed by atoms with E-state index in [1.165, 1.54) is 0 Å². The van der Waals surface area contributed by atoms with E-state index in [-0.39, 0.29) is 12.2 Å². The highest BCUT2D eigenvalue weighted by molar-refractivity contribution is 5.74. The Morgan fingerprint density at radius 3 is 2.37 bits per heavy atom. The lowest BCUT2D eigenvalue weighted by Crippen LogP contribution is -2.32. The van der Waals surface area contributed by atoms with E-state index >= 15 is 0 Å². The van der Waals surface area contributed by atoms with Crippen LogP contribution in [0.25, 0.3) is 11.1 Å². The van der Waals surface area contributed by atoms with Crippen LogP contribution in [0.15, 0.2) is 48.5 Å². The Morgan fingerprint density at radius 1 is 1.11 bits per heavy atom. The number of benzene rings is 2. The lowest BCUT2D eigenvalue weighted by atomic mass is 9.99. The van der Waals surface area contributed by atoms with Gasteiger partial charge in [-0.3, -0.25) is 4.79 Å². The molecule has 0 amide bonds. The maximum absolute atomic E-state index is 10.7. The van der Waals surface area contributed by atoms with Crippen molar-refractivity contribution >= 4 is 5.97 Å². The minimum atomic E-state index is -1.01. The molecule has 0 heterocycles. The number of nitrogens with two attached hydrogens (primary N) is 1. The zero-order valence-corrected chi connectivity index (χ0v) is 10.3. The zero-order chi connectivity index (χ0) is 13.8. The highest BCUT2D eigenvalue weighted by atomic mass is 16.4. The molecule has 0 aromatic heterocycles. The van der Waals surface area contributed by atoms with Crippen molar-refractivity contribution in [3.63, 3.8) is 0 Å². The molecule has 0 saturated carbocycles. The van der Waals surface area contributed by atoms with Crippen molar-refractivity contribution in [1.82, 2.24) is 0 Å². The first-order valence-electron chi connectivity index (χ1n) is 5.93. The first-order chi connectivity index (χ1) is 9.06. The van der Waals surface area contributed by atoms with E-state index < -0.39 is 12.0 Å². The molecule has 0 fully saturated rings. The highest BCUT2D eigenvalue weighted by Crippen LogP contribution is 2.24.